The lowest BCUT2D eigenvalue weighted by atomic mass is 9.92. The molecular formula is C13H24N2. The zero-order valence-electron chi connectivity index (χ0n) is 9.91. The maximum atomic E-state index is 3.86. The highest BCUT2D eigenvalue weighted by atomic mass is 15.2. The molecule has 0 aromatic rings. The smallest absolute Gasteiger partial charge is 0.0163 e. The monoisotopic (exact) mass is 208 g/mol. The van der Waals surface area contributed by atoms with Gasteiger partial charge in [-0.1, -0.05) is 6.08 Å². The van der Waals surface area contributed by atoms with Crippen molar-refractivity contribution in [3.05, 3.63) is 12.7 Å². The van der Waals surface area contributed by atoms with E-state index in [-0.39, 0.29) is 0 Å². The second-order valence-electron chi connectivity index (χ2n) is 5.22. The van der Waals surface area contributed by atoms with Crippen LogP contribution in [0.3, 0.4) is 0 Å². The molecule has 1 heterocycles. The lowest BCUT2D eigenvalue weighted by molar-refractivity contribution is 0.199. The van der Waals surface area contributed by atoms with Gasteiger partial charge in [-0.05, 0) is 45.1 Å². The van der Waals surface area contributed by atoms with E-state index in [4.69, 9.17) is 0 Å². The number of hydrogen-bond donors (Lipinski definition) is 1. The number of nitrogens with one attached hydrogen (secondary N) is 1. The van der Waals surface area contributed by atoms with Crippen LogP contribution >= 0.6 is 0 Å². The highest BCUT2D eigenvalue weighted by Gasteiger charge is 2.30. The van der Waals surface area contributed by atoms with Crippen molar-refractivity contribution in [1.82, 2.24) is 10.2 Å². The van der Waals surface area contributed by atoms with E-state index < -0.39 is 0 Å². The first-order valence-electron chi connectivity index (χ1n) is 6.38. The van der Waals surface area contributed by atoms with E-state index in [1.807, 2.05) is 0 Å². The Morgan fingerprint density at radius 1 is 1.40 bits per heavy atom. The molecule has 2 fully saturated rings. The predicted octanol–water partition coefficient (Wildman–Crippen LogP) is 2.02. The van der Waals surface area contributed by atoms with E-state index in [2.05, 4.69) is 29.8 Å². The van der Waals surface area contributed by atoms with Crippen molar-refractivity contribution < 1.29 is 0 Å². The minimum Gasteiger partial charge on any atom is -0.314 e. The summed E-state index contributed by atoms with van der Waals surface area (Å²) in [7, 11) is 0. The van der Waals surface area contributed by atoms with Crippen LogP contribution in [-0.4, -0.2) is 36.6 Å². The second-order valence-corrected chi connectivity index (χ2v) is 5.22. The van der Waals surface area contributed by atoms with Crippen LogP contribution in [0.15, 0.2) is 12.7 Å². The van der Waals surface area contributed by atoms with Crippen LogP contribution < -0.4 is 5.32 Å². The first-order valence-corrected chi connectivity index (χ1v) is 6.38. The average molecular weight is 208 g/mol. The Hall–Kier alpha value is -0.340. The molecule has 1 aliphatic carbocycles. The molecule has 0 amide bonds. The molecule has 2 nitrogen and oxygen atoms in total. The summed E-state index contributed by atoms with van der Waals surface area (Å²) in [5.41, 5.74) is 0. The Morgan fingerprint density at radius 3 is 2.80 bits per heavy atom. The van der Waals surface area contributed by atoms with Gasteiger partial charge in [0.05, 0.1) is 0 Å². The third kappa shape index (κ3) is 3.32. The van der Waals surface area contributed by atoms with Gasteiger partial charge < -0.3 is 5.32 Å². The molecule has 2 aliphatic rings. The van der Waals surface area contributed by atoms with Crippen molar-refractivity contribution in [2.45, 2.75) is 44.7 Å². The van der Waals surface area contributed by atoms with Gasteiger partial charge in [0.1, 0.15) is 0 Å². The van der Waals surface area contributed by atoms with Crippen LogP contribution in [0.25, 0.3) is 0 Å². The van der Waals surface area contributed by atoms with Gasteiger partial charge in [-0.2, -0.15) is 0 Å². The molecule has 2 heteroatoms. The third-order valence-corrected chi connectivity index (χ3v) is 3.65. The van der Waals surface area contributed by atoms with Crippen molar-refractivity contribution in [2.24, 2.45) is 5.92 Å². The molecule has 0 spiro atoms. The largest absolute Gasteiger partial charge is 0.314 e. The van der Waals surface area contributed by atoms with Crippen LogP contribution in [0, 0.1) is 5.92 Å². The van der Waals surface area contributed by atoms with Crippen LogP contribution in [0.2, 0.25) is 0 Å². The van der Waals surface area contributed by atoms with Gasteiger partial charge >= 0.3 is 0 Å². The Kier molecular flexibility index (Phi) is 3.81. The Morgan fingerprint density at radius 2 is 2.20 bits per heavy atom. The highest BCUT2D eigenvalue weighted by Crippen LogP contribution is 2.29. The van der Waals surface area contributed by atoms with Gasteiger partial charge in [0, 0.05) is 25.2 Å². The molecule has 2 unspecified atom stereocenters. The quantitative estimate of drug-likeness (QED) is 0.695. The lowest BCUT2D eigenvalue weighted by Gasteiger charge is -2.32. The molecule has 86 valence electrons. The van der Waals surface area contributed by atoms with Gasteiger partial charge in [-0.15, -0.1) is 6.58 Å². The molecule has 15 heavy (non-hydrogen) atoms. The number of nitrogens with zero attached hydrogens (tertiary/aromatic N) is 1. The van der Waals surface area contributed by atoms with Crippen molar-refractivity contribution in [3.63, 3.8) is 0 Å². The van der Waals surface area contributed by atoms with E-state index in [1.54, 1.807) is 0 Å². The summed E-state index contributed by atoms with van der Waals surface area (Å²) in [4.78, 5) is 2.63. The van der Waals surface area contributed by atoms with Crippen LogP contribution in [-0.2, 0) is 0 Å². The van der Waals surface area contributed by atoms with Crippen LogP contribution in [0.5, 0.6) is 0 Å². The minimum atomic E-state index is 0.716. The molecule has 0 radical (unpaired) electrons. The van der Waals surface area contributed by atoms with Gasteiger partial charge in [0.2, 0.25) is 0 Å². The van der Waals surface area contributed by atoms with E-state index >= 15 is 0 Å². The molecule has 1 N–H and O–H groups in total. The molecule has 0 aromatic heterocycles. The highest BCUT2D eigenvalue weighted by molar-refractivity contribution is 4.90. The molecule has 1 saturated carbocycles. The zero-order chi connectivity index (χ0) is 10.7. The normalized spacial score (nSPS) is 31.9. The van der Waals surface area contributed by atoms with E-state index in [0.29, 0.717) is 6.04 Å². The standard InChI is InChI=1S/C13H24N2/c1-3-8-15(13-4-5-13)10-12-6-7-14-11(2)9-12/h3,11-14H,1,4-10H2,2H3. The van der Waals surface area contributed by atoms with Gasteiger partial charge in [0.15, 0.2) is 0 Å². The fourth-order valence-electron chi connectivity index (χ4n) is 2.71. The molecular weight excluding hydrogens is 184 g/mol. The molecule has 0 bridgehead atoms. The molecule has 2 atom stereocenters. The van der Waals surface area contributed by atoms with Crippen molar-refractivity contribution in [2.75, 3.05) is 19.6 Å². The van der Waals surface area contributed by atoms with E-state index in [0.717, 1.165) is 18.5 Å². The maximum absolute atomic E-state index is 3.86. The predicted molar refractivity (Wildman–Crippen MR) is 65.0 cm³/mol. The molecule has 0 aromatic carbocycles. The topological polar surface area (TPSA) is 15.3 Å². The van der Waals surface area contributed by atoms with Crippen molar-refractivity contribution in [1.29, 1.82) is 0 Å². The number of piperidine rings is 1. The Bertz CT molecular complexity index is 211. The minimum absolute atomic E-state index is 0.716. The maximum Gasteiger partial charge on any atom is 0.0163 e. The first-order chi connectivity index (χ1) is 7.29. The summed E-state index contributed by atoms with van der Waals surface area (Å²) >= 11 is 0. The van der Waals surface area contributed by atoms with E-state index in [9.17, 15) is 0 Å². The van der Waals surface area contributed by atoms with Gasteiger partial charge in [-0.25, -0.2) is 0 Å². The van der Waals surface area contributed by atoms with Crippen molar-refractivity contribution in [3.8, 4) is 0 Å². The Balaban J connectivity index is 1.79. The second kappa shape index (κ2) is 5.13. The average Bonchev–Trinajstić information content (AvgIpc) is 3.00. The summed E-state index contributed by atoms with van der Waals surface area (Å²) in [5.74, 6) is 0.904. The fourth-order valence-corrected chi connectivity index (χ4v) is 2.71. The summed E-state index contributed by atoms with van der Waals surface area (Å²) in [6, 6.07) is 1.60. The first kappa shape index (κ1) is 11.2. The molecule has 1 aliphatic heterocycles. The third-order valence-electron chi connectivity index (χ3n) is 3.65. The molecule has 1 saturated heterocycles. The van der Waals surface area contributed by atoms with Crippen LogP contribution in [0.4, 0.5) is 0 Å². The SMILES string of the molecule is C=CCN(CC1CCNC(C)C1)C1CC1. The summed E-state index contributed by atoms with van der Waals surface area (Å²) < 4.78 is 0. The van der Waals surface area contributed by atoms with Gasteiger partial charge in [-0.3, -0.25) is 4.90 Å². The Labute approximate surface area is 93.7 Å². The number of rotatable bonds is 5. The molecule has 2 rings (SSSR count). The summed E-state index contributed by atoms with van der Waals surface area (Å²) in [6.45, 7) is 9.76. The lowest BCUT2D eigenvalue weighted by Crippen LogP contribution is -2.41. The fraction of sp³-hybridized carbons (Fsp3) is 0.846. The van der Waals surface area contributed by atoms with Crippen molar-refractivity contribution >= 4 is 0 Å². The number of hydrogen-bond acceptors (Lipinski definition) is 2. The summed E-state index contributed by atoms with van der Waals surface area (Å²) in [5, 5.41) is 3.52. The zero-order valence-corrected chi connectivity index (χ0v) is 9.91. The van der Waals surface area contributed by atoms with Gasteiger partial charge in [0.25, 0.3) is 0 Å². The van der Waals surface area contributed by atoms with E-state index in [1.165, 1.54) is 38.8 Å². The summed E-state index contributed by atoms with van der Waals surface area (Å²) in [6.07, 6.45) is 7.58. The van der Waals surface area contributed by atoms with Crippen LogP contribution in [0.1, 0.15) is 32.6 Å².